The van der Waals surface area contributed by atoms with Crippen LogP contribution in [0, 0.1) is 5.92 Å². The third-order valence-electron chi connectivity index (χ3n) is 2.61. The lowest BCUT2D eigenvalue weighted by Gasteiger charge is -2.23. The minimum Gasteiger partial charge on any atom is -0.481 e. The Morgan fingerprint density at radius 3 is 3.00 bits per heavy atom. The number of nitrogens with one attached hydrogen (secondary N) is 2. The summed E-state index contributed by atoms with van der Waals surface area (Å²) in [6.07, 6.45) is 4.62. The molecule has 2 rings (SSSR count). The second-order valence-corrected chi connectivity index (χ2v) is 3.66. The fraction of sp³-hybridized carbons (Fsp3) is 0.500. The molecule has 1 aromatic heterocycles. The predicted molar refractivity (Wildman–Crippen MR) is 57.7 cm³/mol. The first-order valence-electron chi connectivity index (χ1n) is 5.22. The molecule has 1 fully saturated rings. The van der Waals surface area contributed by atoms with Crippen molar-refractivity contribution in [1.82, 2.24) is 15.4 Å². The van der Waals surface area contributed by atoms with Crippen LogP contribution in [0.2, 0.25) is 0 Å². The van der Waals surface area contributed by atoms with Gasteiger partial charge in [-0.3, -0.25) is 15.6 Å². The number of rotatable bonds is 4. The average molecular weight is 222 g/mol. The maximum Gasteiger partial charge on any atom is 0.245 e. The first-order chi connectivity index (χ1) is 7.79. The Hall–Kier alpha value is -1.85. The molecular weight excluding hydrogens is 208 g/mol. The van der Waals surface area contributed by atoms with Gasteiger partial charge >= 0.3 is 0 Å². The van der Waals surface area contributed by atoms with E-state index in [2.05, 4.69) is 20.8 Å². The van der Waals surface area contributed by atoms with E-state index < -0.39 is 0 Å². The van der Waals surface area contributed by atoms with Gasteiger partial charge in [-0.1, -0.05) is 6.42 Å². The normalized spacial score (nSPS) is 15.1. The molecule has 1 aliphatic carbocycles. The number of hydrogen-bond acceptors (Lipinski definition) is 5. The van der Waals surface area contributed by atoms with Gasteiger partial charge in [0.25, 0.3) is 0 Å². The van der Waals surface area contributed by atoms with Crippen LogP contribution in [-0.2, 0) is 4.79 Å². The summed E-state index contributed by atoms with van der Waals surface area (Å²) in [4.78, 5) is 19.4. The second kappa shape index (κ2) is 4.78. The van der Waals surface area contributed by atoms with E-state index >= 15 is 0 Å². The Balaban J connectivity index is 1.86. The number of anilines is 1. The standard InChI is InChI=1S/C10H14N4O2/c1-16-8-5-6-11-10(12-8)14-13-9(15)7-3-2-4-7/h5-7H,2-4H2,1H3,(H,13,15)(H,11,12,14). The summed E-state index contributed by atoms with van der Waals surface area (Å²) in [5.74, 6) is 0.915. The molecule has 16 heavy (non-hydrogen) atoms. The molecule has 1 aliphatic rings. The molecule has 1 saturated carbocycles. The van der Waals surface area contributed by atoms with Crippen molar-refractivity contribution >= 4 is 11.9 Å². The molecule has 0 aromatic carbocycles. The summed E-state index contributed by atoms with van der Waals surface area (Å²) in [5, 5.41) is 0. The van der Waals surface area contributed by atoms with Gasteiger partial charge in [0.2, 0.25) is 17.7 Å². The molecule has 0 spiro atoms. The number of carbonyl (C=O) groups excluding carboxylic acids is 1. The number of methoxy groups -OCH3 is 1. The van der Waals surface area contributed by atoms with Gasteiger partial charge in [0.15, 0.2) is 0 Å². The van der Waals surface area contributed by atoms with Crippen molar-refractivity contribution in [1.29, 1.82) is 0 Å². The van der Waals surface area contributed by atoms with E-state index in [0.717, 1.165) is 19.3 Å². The number of ether oxygens (including phenoxy) is 1. The van der Waals surface area contributed by atoms with E-state index in [0.29, 0.717) is 11.8 Å². The Bertz CT molecular complexity index is 379. The summed E-state index contributed by atoms with van der Waals surface area (Å²) in [6, 6.07) is 1.64. The van der Waals surface area contributed by atoms with Crippen molar-refractivity contribution in [2.24, 2.45) is 5.92 Å². The van der Waals surface area contributed by atoms with Gasteiger partial charge in [-0.05, 0) is 12.8 Å². The summed E-state index contributed by atoms with van der Waals surface area (Å²) < 4.78 is 4.94. The molecule has 0 aliphatic heterocycles. The number of hydrazine groups is 1. The van der Waals surface area contributed by atoms with Crippen LogP contribution in [0.1, 0.15) is 19.3 Å². The Morgan fingerprint density at radius 2 is 2.38 bits per heavy atom. The van der Waals surface area contributed by atoms with Crippen molar-refractivity contribution in [3.63, 3.8) is 0 Å². The lowest BCUT2D eigenvalue weighted by Crippen LogP contribution is -2.38. The monoisotopic (exact) mass is 222 g/mol. The van der Waals surface area contributed by atoms with Crippen molar-refractivity contribution in [3.05, 3.63) is 12.3 Å². The molecule has 0 atom stereocenters. The highest BCUT2D eigenvalue weighted by Crippen LogP contribution is 2.26. The zero-order valence-corrected chi connectivity index (χ0v) is 9.06. The number of carbonyl (C=O) groups is 1. The van der Waals surface area contributed by atoms with E-state index in [9.17, 15) is 4.79 Å². The smallest absolute Gasteiger partial charge is 0.245 e. The van der Waals surface area contributed by atoms with Gasteiger partial charge in [0.1, 0.15) is 0 Å². The topological polar surface area (TPSA) is 76.1 Å². The lowest BCUT2D eigenvalue weighted by molar-refractivity contribution is -0.126. The molecule has 1 heterocycles. The van der Waals surface area contributed by atoms with Gasteiger partial charge in [0, 0.05) is 18.2 Å². The molecule has 2 N–H and O–H groups in total. The SMILES string of the molecule is COc1ccnc(NNC(=O)C2CCC2)n1. The predicted octanol–water partition coefficient (Wildman–Crippen LogP) is 0.728. The maximum absolute atomic E-state index is 11.5. The van der Waals surface area contributed by atoms with Crippen LogP contribution in [0.3, 0.4) is 0 Å². The van der Waals surface area contributed by atoms with E-state index in [1.807, 2.05) is 0 Å². The van der Waals surface area contributed by atoms with Crippen molar-refractivity contribution < 1.29 is 9.53 Å². The molecule has 86 valence electrons. The molecular formula is C10H14N4O2. The molecule has 0 unspecified atom stereocenters. The van der Waals surface area contributed by atoms with E-state index in [1.54, 1.807) is 12.3 Å². The molecule has 0 bridgehead atoms. The highest BCUT2D eigenvalue weighted by Gasteiger charge is 2.24. The first kappa shape index (κ1) is 10.7. The minimum atomic E-state index is -0.00216. The lowest BCUT2D eigenvalue weighted by atomic mass is 9.85. The fourth-order valence-corrected chi connectivity index (χ4v) is 1.41. The average Bonchev–Trinajstić information content (AvgIpc) is 2.24. The van der Waals surface area contributed by atoms with Crippen LogP contribution < -0.4 is 15.6 Å². The van der Waals surface area contributed by atoms with Gasteiger partial charge in [-0.2, -0.15) is 4.98 Å². The third-order valence-corrected chi connectivity index (χ3v) is 2.61. The molecule has 1 aromatic rings. The summed E-state index contributed by atoms with van der Waals surface area (Å²) in [7, 11) is 1.53. The van der Waals surface area contributed by atoms with Gasteiger partial charge in [-0.25, -0.2) is 4.98 Å². The number of aromatic nitrogens is 2. The fourth-order valence-electron chi connectivity index (χ4n) is 1.41. The van der Waals surface area contributed by atoms with Crippen LogP contribution in [0.25, 0.3) is 0 Å². The summed E-state index contributed by atoms with van der Waals surface area (Å²) in [6.45, 7) is 0. The molecule has 0 radical (unpaired) electrons. The van der Waals surface area contributed by atoms with E-state index in [1.165, 1.54) is 7.11 Å². The molecule has 1 amide bonds. The Morgan fingerprint density at radius 1 is 1.56 bits per heavy atom. The Labute approximate surface area is 93.4 Å². The zero-order chi connectivity index (χ0) is 11.4. The van der Waals surface area contributed by atoms with Crippen LogP contribution >= 0.6 is 0 Å². The highest BCUT2D eigenvalue weighted by atomic mass is 16.5. The number of amides is 1. The maximum atomic E-state index is 11.5. The van der Waals surface area contributed by atoms with E-state index in [4.69, 9.17) is 4.74 Å². The quantitative estimate of drug-likeness (QED) is 0.734. The zero-order valence-electron chi connectivity index (χ0n) is 9.06. The van der Waals surface area contributed by atoms with Gasteiger partial charge < -0.3 is 4.74 Å². The van der Waals surface area contributed by atoms with Crippen LogP contribution in [0.4, 0.5) is 5.95 Å². The summed E-state index contributed by atoms with van der Waals surface area (Å²) >= 11 is 0. The summed E-state index contributed by atoms with van der Waals surface area (Å²) in [5.41, 5.74) is 5.25. The third kappa shape index (κ3) is 2.39. The van der Waals surface area contributed by atoms with Gasteiger partial charge in [-0.15, -0.1) is 0 Å². The first-order valence-corrected chi connectivity index (χ1v) is 5.22. The largest absolute Gasteiger partial charge is 0.481 e. The van der Waals surface area contributed by atoms with Crippen LogP contribution in [-0.4, -0.2) is 23.0 Å². The van der Waals surface area contributed by atoms with Crippen molar-refractivity contribution in [3.8, 4) is 5.88 Å². The van der Waals surface area contributed by atoms with Crippen LogP contribution in [0.5, 0.6) is 5.88 Å². The second-order valence-electron chi connectivity index (χ2n) is 3.66. The number of hydrogen-bond donors (Lipinski definition) is 2. The molecule has 0 saturated heterocycles. The van der Waals surface area contributed by atoms with Crippen molar-refractivity contribution in [2.75, 3.05) is 12.5 Å². The Kier molecular flexibility index (Phi) is 3.19. The van der Waals surface area contributed by atoms with Crippen molar-refractivity contribution in [2.45, 2.75) is 19.3 Å². The van der Waals surface area contributed by atoms with Crippen LogP contribution in [0.15, 0.2) is 12.3 Å². The highest BCUT2D eigenvalue weighted by molar-refractivity contribution is 5.80. The molecule has 6 nitrogen and oxygen atoms in total. The van der Waals surface area contributed by atoms with Gasteiger partial charge in [0.05, 0.1) is 7.11 Å². The minimum absolute atomic E-state index is 0.00216. The van der Waals surface area contributed by atoms with E-state index in [-0.39, 0.29) is 11.8 Å². The number of nitrogens with zero attached hydrogens (tertiary/aromatic N) is 2. The molecule has 6 heteroatoms.